The summed E-state index contributed by atoms with van der Waals surface area (Å²) in [4.78, 5) is 24.5. The highest BCUT2D eigenvalue weighted by Crippen LogP contribution is 2.33. The third kappa shape index (κ3) is 5.64. The quantitative estimate of drug-likeness (QED) is 0.578. The van der Waals surface area contributed by atoms with Crippen molar-refractivity contribution in [1.29, 1.82) is 0 Å². The van der Waals surface area contributed by atoms with Crippen LogP contribution in [0.4, 0.5) is 0 Å². The number of nitrogens with one attached hydrogen (secondary N) is 1. The van der Waals surface area contributed by atoms with E-state index in [4.69, 9.17) is 4.74 Å². The van der Waals surface area contributed by atoms with Crippen molar-refractivity contribution in [2.75, 3.05) is 13.7 Å². The molecule has 0 bridgehead atoms. The average molecular weight is 357 g/mol. The second-order valence-corrected chi connectivity index (χ2v) is 7.09. The Labute approximate surface area is 153 Å². The molecule has 1 N–H and O–H groups in total. The van der Waals surface area contributed by atoms with Crippen LogP contribution in [0.5, 0.6) is 5.75 Å². The van der Waals surface area contributed by atoms with Crippen molar-refractivity contribution in [1.82, 2.24) is 5.32 Å². The number of carbonyl (C=O) groups is 2. The molecular formula is C20H23NO3S. The lowest BCUT2D eigenvalue weighted by atomic mass is 10.0. The van der Waals surface area contributed by atoms with Gasteiger partial charge >= 0.3 is 0 Å². The van der Waals surface area contributed by atoms with Crippen LogP contribution in [0.15, 0.2) is 53.4 Å². The minimum absolute atomic E-state index is 0.0333. The fraction of sp³-hybridized carbons (Fsp3) is 0.300. The van der Waals surface area contributed by atoms with Crippen LogP contribution in [-0.4, -0.2) is 30.6 Å². The average Bonchev–Trinajstić information content (AvgIpc) is 2.62. The zero-order valence-corrected chi connectivity index (χ0v) is 15.6. The molecule has 1 amide bonds. The van der Waals surface area contributed by atoms with Gasteiger partial charge in [0.25, 0.3) is 0 Å². The first-order valence-electron chi connectivity index (χ1n) is 8.18. The summed E-state index contributed by atoms with van der Waals surface area (Å²) < 4.78 is 5.34. The smallest absolute Gasteiger partial charge is 0.216 e. The summed E-state index contributed by atoms with van der Waals surface area (Å²) in [6.07, 6.45) is 0.750. The second-order valence-electron chi connectivity index (χ2n) is 5.71. The van der Waals surface area contributed by atoms with Gasteiger partial charge in [0.2, 0.25) is 5.91 Å². The molecule has 2 aromatic carbocycles. The summed E-state index contributed by atoms with van der Waals surface area (Å²) in [5.41, 5.74) is 1.79. The molecule has 0 saturated carbocycles. The van der Waals surface area contributed by atoms with Crippen LogP contribution >= 0.6 is 11.8 Å². The fourth-order valence-electron chi connectivity index (χ4n) is 2.41. The number of methoxy groups -OCH3 is 1. The SMILES string of the molecule is COc1ccccc1SC(C)C(=O)c1ccc(CCNC(C)=O)cc1. The highest BCUT2D eigenvalue weighted by molar-refractivity contribution is 8.00. The van der Waals surface area contributed by atoms with E-state index in [1.54, 1.807) is 7.11 Å². The molecule has 132 valence electrons. The van der Waals surface area contributed by atoms with Gasteiger partial charge in [0, 0.05) is 19.0 Å². The van der Waals surface area contributed by atoms with E-state index in [1.807, 2.05) is 55.5 Å². The van der Waals surface area contributed by atoms with E-state index in [-0.39, 0.29) is 16.9 Å². The summed E-state index contributed by atoms with van der Waals surface area (Å²) in [6.45, 7) is 4.01. The number of Topliss-reactive ketones (excluding diaryl/α,β-unsaturated/α-hetero) is 1. The Morgan fingerprint density at radius 2 is 1.80 bits per heavy atom. The van der Waals surface area contributed by atoms with Crippen LogP contribution in [0.2, 0.25) is 0 Å². The Morgan fingerprint density at radius 3 is 2.44 bits per heavy atom. The normalized spacial score (nSPS) is 11.6. The minimum atomic E-state index is -0.207. The topological polar surface area (TPSA) is 55.4 Å². The molecule has 2 aromatic rings. The van der Waals surface area contributed by atoms with Gasteiger partial charge in [0.1, 0.15) is 5.75 Å². The monoisotopic (exact) mass is 357 g/mol. The number of para-hydroxylation sites is 1. The summed E-state index contributed by atoms with van der Waals surface area (Å²) in [7, 11) is 1.63. The zero-order valence-electron chi connectivity index (χ0n) is 14.7. The van der Waals surface area contributed by atoms with Gasteiger partial charge in [-0.3, -0.25) is 9.59 Å². The Balaban J connectivity index is 1.98. The number of hydrogen-bond donors (Lipinski definition) is 1. The van der Waals surface area contributed by atoms with Crippen molar-refractivity contribution in [2.45, 2.75) is 30.4 Å². The molecule has 0 heterocycles. The maximum Gasteiger partial charge on any atom is 0.216 e. The van der Waals surface area contributed by atoms with Crippen molar-refractivity contribution < 1.29 is 14.3 Å². The molecule has 0 radical (unpaired) electrons. The zero-order chi connectivity index (χ0) is 18.2. The number of amides is 1. The molecular weight excluding hydrogens is 334 g/mol. The standard InChI is InChI=1S/C20H23NO3S/c1-14(25-19-7-5-4-6-18(19)24-3)20(23)17-10-8-16(9-11-17)12-13-21-15(2)22/h4-11,14H,12-13H2,1-3H3,(H,21,22). The molecule has 0 aliphatic rings. The van der Waals surface area contributed by atoms with Gasteiger partial charge in [-0.25, -0.2) is 0 Å². The van der Waals surface area contributed by atoms with E-state index in [0.717, 1.165) is 22.6 Å². The number of hydrogen-bond acceptors (Lipinski definition) is 4. The molecule has 0 spiro atoms. The van der Waals surface area contributed by atoms with E-state index in [2.05, 4.69) is 5.32 Å². The lowest BCUT2D eigenvalue weighted by molar-refractivity contribution is -0.118. The lowest BCUT2D eigenvalue weighted by Crippen LogP contribution is -2.22. The van der Waals surface area contributed by atoms with Crippen molar-refractivity contribution in [3.8, 4) is 5.75 Å². The molecule has 4 nitrogen and oxygen atoms in total. The Morgan fingerprint density at radius 1 is 1.12 bits per heavy atom. The molecule has 5 heteroatoms. The highest BCUT2D eigenvalue weighted by Gasteiger charge is 2.18. The van der Waals surface area contributed by atoms with Crippen LogP contribution in [0.3, 0.4) is 0 Å². The summed E-state index contributed by atoms with van der Waals surface area (Å²) in [6, 6.07) is 15.3. The van der Waals surface area contributed by atoms with Crippen LogP contribution in [0, 0.1) is 0 Å². The highest BCUT2D eigenvalue weighted by atomic mass is 32.2. The molecule has 25 heavy (non-hydrogen) atoms. The number of benzene rings is 2. The van der Waals surface area contributed by atoms with Crippen molar-refractivity contribution in [3.63, 3.8) is 0 Å². The van der Waals surface area contributed by atoms with Crippen LogP contribution < -0.4 is 10.1 Å². The maximum absolute atomic E-state index is 12.6. The maximum atomic E-state index is 12.6. The van der Waals surface area contributed by atoms with E-state index < -0.39 is 0 Å². The first-order chi connectivity index (χ1) is 12.0. The molecule has 2 rings (SSSR count). The molecule has 1 atom stereocenters. The van der Waals surface area contributed by atoms with Gasteiger partial charge in [-0.2, -0.15) is 0 Å². The van der Waals surface area contributed by atoms with Crippen molar-refractivity contribution in [2.24, 2.45) is 0 Å². The number of ketones is 1. The predicted molar refractivity (Wildman–Crippen MR) is 101 cm³/mol. The van der Waals surface area contributed by atoms with Gasteiger partial charge in [-0.05, 0) is 31.0 Å². The lowest BCUT2D eigenvalue weighted by Gasteiger charge is -2.13. The molecule has 0 aliphatic heterocycles. The summed E-state index contributed by atoms with van der Waals surface area (Å²) in [5, 5.41) is 2.56. The van der Waals surface area contributed by atoms with Crippen LogP contribution in [0.25, 0.3) is 0 Å². The van der Waals surface area contributed by atoms with Gasteiger partial charge in [0.15, 0.2) is 5.78 Å². The van der Waals surface area contributed by atoms with Crippen LogP contribution in [-0.2, 0) is 11.2 Å². The number of ether oxygens (including phenoxy) is 1. The number of carbonyl (C=O) groups excluding carboxylic acids is 2. The van der Waals surface area contributed by atoms with Crippen molar-refractivity contribution >= 4 is 23.5 Å². The van der Waals surface area contributed by atoms with E-state index in [9.17, 15) is 9.59 Å². The van der Waals surface area contributed by atoms with Crippen molar-refractivity contribution in [3.05, 3.63) is 59.7 Å². The van der Waals surface area contributed by atoms with Crippen LogP contribution in [0.1, 0.15) is 29.8 Å². The fourth-order valence-corrected chi connectivity index (χ4v) is 3.46. The number of rotatable bonds is 8. The largest absolute Gasteiger partial charge is 0.496 e. The summed E-state index contributed by atoms with van der Waals surface area (Å²) in [5.74, 6) is 0.832. The Kier molecular flexibility index (Phi) is 7.07. The predicted octanol–water partition coefficient (Wildman–Crippen LogP) is 3.74. The minimum Gasteiger partial charge on any atom is -0.496 e. The van der Waals surface area contributed by atoms with Gasteiger partial charge < -0.3 is 10.1 Å². The molecule has 0 fully saturated rings. The summed E-state index contributed by atoms with van der Waals surface area (Å²) >= 11 is 1.50. The first kappa shape index (κ1) is 19.1. The van der Waals surface area contributed by atoms with Gasteiger partial charge in [0.05, 0.1) is 17.3 Å². The first-order valence-corrected chi connectivity index (χ1v) is 9.06. The molecule has 1 unspecified atom stereocenters. The van der Waals surface area contributed by atoms with E-state index in [0.29, 0.717) is 12.1 Å². The van der Waals surface area contributed by atoms with E-state index in [1.165, 1.54) is 18.7 Å². The molecule has 0 aromatic heterocycles. The van der Waals surface area contributed by atoms with E-state index >= 15 is 0 Å². The third-order valence-corrected chi connectivity index (χ3v) is 4.93. The molecule has 0 saturated heterocycles. The molecule has 0 aliphatic carbocycles. The second kappa shape index (κ2) is 9.28. The Hall–Kier alpha value is -2.27. The number of thioether (sulfide) groups is 1. The van der Waals surface area contributed by atoms with Gasteiger partial charge in [-0.1, -0.05) is 36.4 Å². The van der Waals surface area contributed by atoms with Gasteiger partial charge in [-0.15, -0.1) is 11.8 Å². The third-order valence-electron chi connectivity index (χ3n) is 3.77. The Bertz CT molecular complexity index is 728.